The topological polar surface area (TPSA) is 57.7 Å². The number of H-pyrrole nitrogens is 1. The van der Waals surface area contributed by atoms with Crippen LogP contribution in [0.2, 0.25) is 5.28 Å². The molecule has 0 atom stereocenters. The summed E-state index contributed by atoms with van der Waals surface area (Å²) in [4.78, 5) is 17.9. The number of thioether (sulfide) groups is 1. The van der Waals surface area contributed by atoms with Gasteiger partial charge in [0.05, 0.1) is 6.33 Å². The second-order valence-corrected chi connectivity index (χ2v) is 5.43. The molecule has 0 unspecified atom stereocenters. The Bertz CT molecular complexity index is 520. The van der Waals surface area contributed by atoms with Crippen molar-refractivity contribution in [3.8, 4) is 0 Å². The lowest BCUT2D eigenvalue weighted by molar-refractivity contribution is 0.803. The summed E-state index contributed by atoms with van der Waals surface area (Å²) in [5.74, 6) is 3.21. The zero-order valence-corrected chi connectivity index (χ0v) is 10.8. The highest BCUT2D eigenvalue weighted by molar-refractivity contribution is 7.99. The lowest BCUT2D eigenvalue weighted by atomic mass is 10.3. The van der Waals surface area contributed by atoms with Crippen LogP contribution in [0, 0.1) is 0 Å². The van der Waals surface area contributed by atoms with Crippen molar-refractivity contribution in [3.05, 3.63) is 11.6 Å². The molecule has 0 bridgehead atoms. The fraction of sp³-hybridized carbons (Fsp3) is 0.500. The summed E-state index contributed by atoms with van der Waals surface area (Å²) >= 11 is 7.91. The predicted molar refractivity (Wildman–Crippen MR) is 70.8 cm³/mol. The van der Waals surface area contributed by atoms with E-state index in [1.54, 1.807) is 6.33 Å². The highest BCUT2D eigenvalue weighted by atomic mass is 35.5. The third-order valence-corrected chi connectivity index (χ3v) is 3.98. The molecular weight excluding hydrogens is 258 g/mol. The lowest BCUT2D eigenvalue weighted by Crippen LogP contribution is -2.26. The molecule has 3 rings (SSSR count). The largest absolute Gasteiger partial charge is 0.354 e. The number of anilines is 1. The quantitative estimate of drug-likeness (QED) is 0.802. The summed E-state index contributed by atoms with van der Waals surface area (Å²) in [6.45, 7) is 2.00. The van der Waals surface area contributed by atoms with Crippen LogP contribution in [0.5, 0.6) is 0 Å². The molecule has 17 heavy (non-hydrogen) atoms. The van der Waals surface area contributed by atoms with Crippen LogP contribution < -0.4 is 4.90 Å². The molecule has 2 aromatic rings. The van der Waals surface area contributed by atoms with Crippen LogP contribution in [0.3, 0.4) is 0 Å². The molecule has 0 aromatic carbocycles. The van der Waals surface area contributed by atoms with Crippen LogP contribution in [-0.4, -0.2) is 44.5 Å². The highest BCUT2D eigenvalue weighted by Crippen LogP contribution is 2.24. The lowest BCUT2D eigenvalue weighted by Gasteiger charge is -2.21. The van der Waals surface area contributed by atoms with Gasteiger partial charge in [-0.05, 0) is 23.8 Å². The maximum absolute atomic E-state index is 5.93. The normalized spacial score (nSPS) is 17.4. The maximum atomic E-state index is 5.93. The van der Waals surface area contributed by atoms with Gasteiger partial charge in [0.1, 0.15) is 5.52 Å². The van der Waals surface area contributed by atoms with Crippen molar-refractivity contribution in [1.29, 1.82) is 0 Å². The number of aromatic amines is 1. The summed E-state index contributed by atoms with van der Waals surface area (Å²) in [5.41, 5.74) is 1.51. The van der Waals surface area contributed by atoms with Gasteiger partial charge in [-0.2, -0.15) is 21.7 Å². The first-order chi connectivity index (χ1) is 8.34. The van der Waals surface area contributed by atoms with E-state index in [1.165, 1.54) is 12.2 Å². The molecule has 1 aliphatic rings. The fourth-order valence-electron chi connectivity index (χ4n) is 1.98. The van der Waals surface area contributed by atoms with Crippen molar-refractivity contribution < 1.29 is 0 Å². The zero-order valence-electron chi connectivity index (χ0n) is 9.19. The summed E-state index contributed by atoms with van der Waals surface area (Å²) in [7, 11) is 0. The number of hydrogen-bond donors (Lipinski definition) is 1. The minimum Gasteiger partial charge on any atom is -0.354 e. The minimum absolute atomic E-state index is 0.261. The molecule has 0 saturated carbocycles. The van der Waals surface area contributed by atoms with E-state index in [9.17, 15) is 0 Å². The average Bonchev–Trinajstić information content (AvgIpc) is 2.62. The van der Waals surface area contributed by atoms with Gasteiger partial charge in [0.25, 0.3) is 0 Å². The number of hydrogen-bond acceptors (Lipinski definition) is 5. The minimum atomic E-state index is 0.261. The first kappa shape index (κ1) is 11.1. The standard InChI is InChI=1S/C10H12ClN5S/c11-10-14-8-7(12-6-13-8)9(15-10)16-2-1-4-17-5-3-16/h6H,1-5H2,(H,12,13,14,15). The van der Waals surface area contributed by atoms with Crippen molar-refractivity contribution in [3.63, 3.8) is 0 Å². The van der Waals surface area contributed by atoms with Gasteiger partial charge in [0.15, 0.2) is 11.5 Å². The van der Waals surface area contributed by atoms with E-state index in [4.69, 9.17) is 11.6 Å². The molecule has 3 heterocycles. The Kier molecular flexibility index (Phi) is 3.07. The van der Waals surface area contributed by atoms with Crippen LogP contribution in [0.1, 0.15) is 6.42 Å². The van der Waals surface area contributed by atoms with Crippen LogP contribution in [0.25, 0.3) is 11.2 Å². The Balaban J connectivity index is 2.05. The van der Waals surface area contributed by atoms with E-state index in [2.05, 4.69) is 24.8 Å². The Morgan fingerprint density at radius 2 is 2.24 bits per heavy atom. The number of halogens is 1. The summed E-state index contributed by atoms with van der Waals surface area (Å²) in [6, 6.07) is 0. The van der Waals surface area contributed by atoms with Gasteiger partial charge in [-0.25, -0.2) is 4.98 Å². The monoisotopic (exact) mass is 269 g/mol. The predicted octanol–water partition coefficient (Wildman–Crippen LogP) is 1.95. The van der Waals surface area contributed by atoms with Crippen molar-refractivity contribution in [2.24, 2.45) is 0 Å². The molecular formula is C10H12ClN5S. The van der Waals surface area contributed by atoms with E-state index < -0.39 is 0 Å². The van der Waals surface area contributed by atoms with Crippen molar-refractivity contribution in [2.45, 2.75) is 6.42 Å². The number of fused-ring (bicyclic) bond motifs is 1. The van der Waals surface area contributed by atoms with Crippen LogP contribution in [0.4, 0.5) is 5.82 Å². The van der Waals surface area contributed by atoms with E-state index in [-0.39, 0.29) is 5.28 Å². The van der Waals surface area contributed by atoms with Crippen LogP contribution in [-0.2, 0) is 0 Å². The van der Waals surface area contributed by atoms with Gasteiger partial charge in [0.2, 0.25) is 5.28 Å². The van der Waals surface area contributed by atoms with Crippen molar-refractivity contribution in [1.82, 2.24) is 19.9 Å². The Labute approximate surface area is 108 Å². The van der Waals surface area contributed by atoms with Crippen molar-refractivity contribution in [2.75, 3.05) is 29.5 Å². The number of aromatic nitrogens is 4. The fourth-order valence-corrected chi connectivity index (χ4v) is 3.03. The Hall–Kier alpha value is -1.01. The second-order valence-electron chi connectivity index (χ2n) is 3.87. The number of rotatable bonds is 1. The average molecular weight is 270 g/mol. The Morgan fingerprint density at radius 3 is 3.18 bits per heavy atom. The zero-order chi connectivity index (χ0) is 11.7. The van der Waals surface area contributed by atoms with E-state index in [0.29, 0.717) is 5.65 Å². The van der Waals surface area contributed by atoms with Gasteiger partial charge in [-0.1, -0.05) is 0 Å². The first-order valence-electron chi connectivity index (χ1n) is 5.54. The van der Waals surface area contributed by atoms with Gasteiger partial charge in [-0.3, -0.25) is 0 Å². The Morgan fingerprint density at radius 1 is 1.29 bits per heavy atom. The van der Waals surface area contributed by atoms with Gasteiger partial charge < -0.3 is 9.88 Å². The molecule has 1 saturated heterocycles. The first-order valence-corrected chi connectivity index (χ1v) is 7.07. The summed E-state index contributed by atoms with van der Waals surface area (Å²) < 4.78 is 0. The highest BCUT2D eigenvalue weighted by Gasteiger charge is 2.17. The van der Waals surface area contributed by atoms with Crippen molar-refractivity contribution >= 4 is 40.3 Å². The van der Waals surface area contributed by atoms with Crippen LogP contribution >= 0.6 is 23.4 Å². The van der Waals surface area contributed by atoms with Gasteiger partial charge >= 0.3 is 0 Å². The molecule has 2 aromatic heterocycles. The van der Waals surface area contributed by atoms with Crippen LogP contribution in [0.15, 0.2) is 6.33 Å². The smallest absolute Gasteiger partial charge is 0.226 e. The van der Waals surface area contributed by atoms with Gasteiger partial charge in [-0.15, -0.1) is 0 Å². The molecule has 1 fully saturated rings. The molecule has 0 amide bonds. The molecule has 0 aliphatic carbocycles. The molecule has 0 radical (unpaired) electrons. The maximum Gasteiger partial charge on any atom is 0.226 e. The molecule has 90 valence electrons. The second kappa shape index (κ2) is 4.70. The van der Waals surface area contributed by atoms with E-state index >= 15 is 0 Å². The van der Waals surface area contributed by atoms with E-state index in [0.717, 1.165) is 30.2 Å². The molecule has 1 N–H and O–H groups in total. The number of imidazole rings is 1. The molecule has 5 nitrogen and oxygen atoms in total. The third kappa shape index (κ3) is 2.19. The third-order valence-electron chi connectivity index (χ3n) is 2.76. The SMILES string of the molecule is Clc1nc(N2CCCSCC2)c2[nH]cnc2n1. The number of nitrogens with one attached hydrogen (secondary N) is 1. The van der Waals surface area contributed by atoms with Gasteiger partial charge in [0, 0.05) is 18.8 Å². The summed E-state index contributed by atoms with van der Waals surface area (Å²) in [6.07, 6.45) is 2.80. The van der Waals surface area contributed by atoms with E-state index in [1.807, 2.05) is 11.8 Å². The molecule has 0 spiro atoms. The summed E-state index contributed by atoms with van der Waals surface area (Å²) in [5, 5.41) is 0.261. The number of nitrogens with zero attached hydrogens (tertiary/aromatic N) is 4. The molecule has 1 aliphatic heterocycles. The molecule has 7 heteroatoms.